The number of aromatic nitrogens is 2. The number of rotatable bonds is 3. The third kappa shape index (κ3) is 2.74. The average molecular weight is 319 g/mol. The number of nitrogens with zero attached hydrogens (tertiary/aromatic N) is 2. The van der Waals surface area contributed by atoms with E-state index in [1.165, 1.54) is 17.5 Å². The highest BCUT2D eigenvalue weighted by atomic mass is 16.1. The number of H-pyrrole nitrogens is 1. The SMILES string of the molecule is CN(Cc1nc2ccccc2c(=O)[nH]1)[C@H]1CCCc2ccccc21. The fourth-order valence-corrected chi connectivity index (χ4v) is 3.74. The lowest BCUT2D eigenvalue weighted by Gasteiger charge is -2.33. The van der Waals surface area contributed by atoms with Gasteiger partial charge in [-0.1, -0.05) is 36.4 Å². The normalized spacial score (nSPS) is 17.2. The zero-order valence-corrected chi connectivity index (χ0v) is 13.8. The minimum Gasteiger partial charge on any atom is -0.309 e. The van der Waals surface area contributed by atoms with Gasteiger partial charge >= 0.3 is 0 Å². The van der Waals surface area contributed by atoms with Crippen LogP contribution in [0, 0.1) is 0 Å². The predicted octanol–water partition coefficient (Wildman–Crippen LogP) is 3.43. The summed E-state index contributed by atoms with van der Waals surface area (Å²) in [5.41, 5.74) is 3.55. The van der Waals surface area contributed by atoms with Crippen LogP contribution in [0.2, 0.25) is 0 Å². The highest BCUT2D eigenvalue weighted by Gasteiger charge is 2.23. The zero-order chi connectivity index (χ0) is 16.5. The second kappa shape index (κ2) is 6.21. The molecule has 1 aliphatic rings. The molecule has 0 amide bonds. The molecule has 1 aromatic heterocycles. The van der Waals surface area contributed by atoms with Crippen molar-refractivity contribution in [1.82, 2.24) is 14.9 Å². The largest absolute Gasteiger partial charge is 0.309 e. The lowest BCUT2D eigenvalue weighted by Crippen LogP contribution is -2.29. The number of hydrogen-bond donors (Lipinski definition) is 1. The average Bonchev–Trinajstić information content (AvgIpc) is 2.61. The number of aryl methyl sites for hydroxylation is 1. The van der Waals surface area contributed by atoms with E-state index in [0.29, 0.717) is 18.0 Å². The van der Waals surface area contributed by atoms with Crippen molar-refractivity contribution in [2.75, 3.05) is 7.05 Å². The molecule has 4 nitrogen and oxygen atoms in total. The molecule has 24 heavy (non-hydrogen) atoms. The predicted molar refractivity (Wildman–Crippen MR) is 96.0 cm³/mol. The van der Waals surface area contributed by atoms with Crippen molar-refractivity contribution < 1.29 is 0 Å². The Hall–Kier alpha value is -2.46. The van der Waals surface area contributed by atoms with Crippen LogP contribution in [0.1, 0.15) is 35.8 Å². The maximum absolute atomic E-state index is 12.2. The summed E-state index contributed by atoms with van der Waals surface area (Å²) in [6, 6.07) is 16.5. The fourth-order valence-electron chi connectivity index (χ4n) is 3.74. The number of hydrogen-bond acceptors (Lipinski definition) is 3. The van der Waals surface area contributed by atoms with Gasteiger partial charge in [0.25, 0.3) is 5.56 Å². The summed E-state index contributed by atoms with van der Waals surface area (Å²) in [7, 11) is 2.11. The molecule has 4 rings (SSSR count). The van der Waals surface area contributed by atoms with Crippen LogP contribution in [0.3, 0.4) is 0 Å². The topological polar surface area (TPSA) is 49.0 Å². The fraction of sp³-hybridized carbons (Fsp3) is 0.300. The quantitative estimate of drug-likeness (QED) is 0.804. The molecule has 1 aliphatic carbocycles. The van der Waals surface area contributed by atoms with E-state index in [1.54, 1.807) is 0 Å². The van der Waals surface area contributed by atoms with Crippen LogP contribution in [-0.4, -0.2) is 21.9 Å². The summed E-state index contributed by atoms with van der Waals surface area (Å²) < 4.78 is 0. The highest BCUT2D eigenvalue weighted by molar-refractivity contribution is 5.77. The number of aromatic amines is 1. The van der Waals surface area contributed by atoms with E-state index in [-0.39, 0.29) is 5.56 Å². The zero-order valence-electron chi connectivity index (χ0n) is 13.8. The Labute approximate surface area is 141 Å². The third-order valence-corrected chi connectivity index (χ3v) is 4.93. The van der Waals surface area contributed by atoms with Gasteiger partial charge < -0.3 is 4.98 Å². The monoisotopic (exact) mass is 319 g/mol. The standard InChI is InChI=1S/C20H21N3O/c1-23(18-12-6-8-14-7-2-3-9-15(14)18)13-19-21-17-11-5-4-10-16(17)20(24)22-19/h2-5,7,9-11,18H,6,8,12-13H2,1H3,(H,21,22,24)/t18-/m0/s1. The van der Waals surface area contributed by atoms with Gasteiger partial charge in [0.1, 0.15) is 5.82 Å². The van der Waals surface area contributed by atoms with E-state index >= 15 is 0 Å². The van der Waals surface area contributed by atoms with Crippen LogP contribution < -0.4 is 5.56 Å². The molecular formula is C20H21N3O. The summed E-state index contributed by atoms with van der Waals surface area (Å²) in [4.78, 5) is 22.1. The Morgan fingerprint density at radius 1 is 1.17 bits per heavy atom. The van der Waals surface area contributed by atoms with Gasteiger partial charge in [-0.05, 0) is 49.6 Å². The maximum Gasteiger partial charge on any atom is 0.258 e. The molecule has 1 N–H and O–H groups in total. The van der Waals surface area contributed by atoms with Crippen molar-refractivity contribution >= 4 is 10.9 Å². The Morgan fingerprint density at radius 3 is 2.88 bits per heavy atom. The summed E-state index contributed by atoms with van der Waals surface area (Å²) in [5.74, 6) is 0.726. The van der Waals surface area contributed by atoms with Crippen LogP contribution >= 0.6 is 0 Å². The minimum absolute atomic E-state index is 0.0620. The Balaban J connectivity index is 1.63. The van der Waals surface area contributed by atoms with Gasteiger partial charge in [0, 0.05) is 6.04 Å². The summed E-state index contributed by atoms with van der Waals surface area (Å²) in [6.45, 7) is 0.638. The summed E-state index contributed by atoms with van der Waals surface area (Å²) >= 11 is 0. The van der Waals surface area contributed by atoms with Gasteiger partial charge in [-0.3, -0.25) is 9.69 Å². The van der Waals surface area contributed by atoms with Crippen molar-refractivity contribution in [3.8, 4) is 0 Å². The second-order valence-electron chi connectivity index (χ2n) is 6.55. The maximum atomic E-state index is 12.2. The molecule has 0 fully saturated rings. The van der Waals surface area contributed by atoms with E-state index in [9.17, 15) is 4.79 Å². The first-order valence-electron chi connectivity index (χ1n) is 8.48. The van der Waals surface area contributed by atoms with E-state index in [0.717, 1.165) is 24.2 Å². The first-order valence-corrected chi connectivity index (χ1v) is 8.48. The van der Waals surface area contributed by atoms with E-state index in [1.807, 2.05) is 24.3 Å². The van der Waals surface area contributed by atoms with Gasteiger partial charge in [-0.25, -0.2) is 4.98 Å². The molecule has 0 saturated carbocycles. The van der Waals surface area contributed by atoms with Gasteiger partial charge in [-0.2, -0.15) is 0 Å². The Bertz CT molecular complexity index is 931. The number of para-hydroxylation sites is 1. The summed E-state index contributed by atoms with van der Waals surface area (Å²) in [5, 5.41) is 0.645. The molecule has 1 heterocycles. The van der Waals surface area contributed by atoms with Gasteiger partial charge in [0.05, 0.1) is 17.4 Å². The van der Waals surface area contributed by atoms with Gasteiger partial charge in [0.15, 0.2) is 0 Å². The van der Waals surface area contributed by atoms with Gasteiger partial charge in [-0.15, -0.1) is 0 Å². The lowest BCUT2D eigenvalue weighted by atomic mass is 9.87. The molecule has 4 heteroatoms. The van der Waals surface area contributed by atoms with Crippen molar-refractivity contribution in [3.63, 3.8) is 0 Å². The molecule has 122 valence electrons. The molecule has 2 aromatic carbocycles. The van der Waals surface area contributed by atoms with Crippen molar-refractivity contribution in [3.05, 3.63) is 75.8 Å². The van der Waals surface area contributed by atoms with E-state index in [2.05, 4.69) is 46.2 Å². The van der Waals surface area contributed by atoms with Gasteiger partial charge in [0.2, 0.25) is 0 Å². The van der Waals surface area contributed by atoms with Crippen molar-refractivity contribution in [2.45, 2.75) is 31.8 Å². The molecular weight excluding hydrogens is 298 g/mol. The molecule has 3 aromatic rings. The molecule has 0 saturated heterocycles. The summed E-state index contributed by atoms with van der Waals surface area (Å²) in [6.07, 6.45) is 3.50. The molecule has 1 atom stereocenters. The number of fused-ring (bicyclic) bond motifs is 2. The first kappa shape index (κ1) is 15.1. The molecule has 0 radical (unpaired) electrons. The highest BCUT2D eigenvalue weighted by Crippen LogP contribution is 2.33. The van der Waals surface area contributed by atoms with Crippen LogP contribution in [0.5, 0.6) is 0 Å². The minimum atomic E-state index is -0.0620. The smallest absolute Gasteiger partial charge is 0.258 e. The molecule has 0 unspecified atom stereocenters. The van der Waals surface area contributed by atoms with Crippen LogP contribution in [0.15, 0.2) is 53.3 Å². The Morgan fingerprint density at radius 2 is 1.96 bits per heavy atom. The van der Waals surface area contributed by atoms with Crippen LogP contribution in [0.25, 0.3) is 10.9 Å². The van der Waals surface area contributed by atoms with E-state index < -0.39 is 0 Å². The first-order chi connectivity index (χ1) is 11.7. The van der Waals surface area contributed by atoms with Crippen LogP contribution in [-0.2, 0) is 13.0 Å². The number of nitrogens with one attached hydrogen (secondary N) is 1. The van der Waals surface area contributed by atoms with E-state index in [4.69, 9.17) is 0 Å². The van der Waals surface area contributed by atoms with Crippen molar-refractivity contribution in [2.24, 2.45) is 0 Å². The number of benzene rings is 2. The third-order valence-electron chi connectivity index (χ3n) is 4.93. The second-order valence-corrected chi connectivity index (χ2v) is 6.55. The Kier molecular flexibility index (Phi) is 3.90. The van der Waals surface area contributed by atoms with Crippen LogP contribution in [0.4, 0.5) is 0 Å². The van der Waals surface area contributed by atoms with Crippen molar-refractivity contribution in [1.29, 1.82) is 0 Å². The molecule has 0 aliphatic heterocycles. The molecule has 0 bridgehead atoms. The lowest BCUT2D eigenvalue weighted by molar-refractivity contribution is 0.208. The molecule has 0 spiro atoms.